The first-order valence-electron chi connectivity index (χ1n) is 2.57. The van der Waals surface area contributed by atoms with Crippen LogP contribution in [-0.2, 0) is 9.47 Å². The standard InChI is InChI=1S/C6H9O2/c1-3-6(2)7-4-5-8-6/h4-5H,1,3H2,2H3. The van der Waals surface area contributed by atoms with Crippen molar-refractivity contribution in [3.8, 4) is 0 Å². The van der Waals surface area contributed by atoms with Crippen LogP contribution in [0.15, 0.2) is 12.5 Å². The van der Waals surface area contributed by atoms with Crippen molar-refractivity contribution < 1.29 is 9.47 Å². The van der Waals surface area contributed by atoms with Crippen LogP contribution in [0, 0.1) is 6.92 Å². The van der Waals surface area contributed by atoms with Gasteiger partial charge in [-0.1, -0.05) is 0 Å². The minimum atomic E-state index is -0.486. The molecule has 0 aromatic carbocycles. The zero-order chi connectivity index (χ0) is 6.04. The lowest BCUT2D eigenvalue weighted by Crippen LogP contribution is -2.23. The lowest BCUT2D eigenvalue weighted by Gasteiger charge is -2.19. The highest BCUT2D eigenvalue weighted by Crippen LogP contribution is 2.21. The van der Waals surface area contributed by atoms with Crippen LogP contribution >= 0.6 is 0 Å². The van der Waals surface area contributed by atoms with Crippen molar-refractivity contribution in [2.75, 3.05) is 0 Å². The molecule has 0 unspecified atom stereocenters. The first-order chi connectivity index (χ1) is 3.77. The molecular weight excluding hydrogens is 104 g/mol. The second-order valence-electron chi connectivity index (χ2n) is 1.89. The highest BCUT2D eigenvalue weighted by atomic mass is 16.7. The van der Waals surface area contributed by atoms with Gasteiger partial charge >= 0.3 is 0 Å². The molecule has 0 aromatic heterocycles. The van der Waals surface area contributed by atoms with Crippen LogP contribution in [0.4, 0.5) is 0 Å². The molecule has 45 valence electrons. The van der Waals surface area contributed by atoms with Crippen molar-refractivity contribution in [3.63, 3.8) is 0 Å². The average molecular weight is 113 g/mol. The van der Waals surface area contributed by atoms with E-state index in [-0.39, 0.29) is 0 Å². The van der Waals surface area contributed by atoms with Gasteiger partial charge in [0.2, 0.25) is 5.79 Å². The summed E-state index contributed by atoms with van der Waals surface area (Å²) in [6, 6.07) is 0. The van der Waals surface area contributed by atoms with Gasteiger partial charge in [0, 0.05) is 13.3 Å². The molecule has 1 aliphatic heterocycles. The Morgan fingerprint density at radius 3 is 2.25 bits per heavy atom. The van der Waals surface area contributed by atoms with E-state index in [0.29, 0.717) is 6.42 Å². The van der Waals surface area contributed by atoms with Crippen LogP contribution in [0.5, 0.6) is 0 Å². The minimum absolute atomic E-state index is 0.486. The molecule has 0 bridgehead atoms. The summed E-state index contributed by atoms with van der Waals surface area (Å²) in [6.45, 7) is 5.50. The fraction of sp³-hybridized carbons (Fsp3) is 0.500. The number of hydrogen-bond donors (Lipinski definition) is 0. The predicted octanol–water partition coefficient (Wildman–Crippen LogP) is 1.44. The van der Waals surface area contributed by atoms with E-state index in [1.165, 1.54) is 12.5 Å². The van der Waals surface area contributed by atoms with E-state index < -0.39 is 5.79 Å². The van der Waals surface area contributed by atoms with Crippen LogP contribution < -0.4 is 0 Å². The molecule has 0 saturated heterocycles. The van der Waals surface area contributed by atoms with E-state index in [2.05, 4.69) is 6.92 Å². The van der Waals surface area contributed by atoms with Crippen molar-refractivity contribution in [1.82, 2.24) is 0 Å². The van der Waals surface area contributed by atoms with Crippen LogP contribution in [0.3, 0.4) is 0 Å². The summed E-state index contributed by atoms with van der Waals surface area (Å²) in [6.07, 6.45) is 3.69. The zero-order valence-corrected chi connectivity index (χ0v) is 4.89. The van der Waals surface area contributed by atoms with Crippen molar-refractivity contribution in [2.24, 2.45) is 0 Å². The molecule has 0 amide bonds. The van der Waals surface area contributed by atoms with Gasteiger partial charge in [0.15, 0.2) is 0 Å². The summed E-state index contributed by atoms with van der Waals surface area (Å²) in [5, 5.41) is 0. The molecular formula is C6H9O2. The number of hydrogen-bond acceptors (Lipinski definition) is 2. The molecule has 1 radical (unpaired) electrons. The van der Waals surface area contributed by atoms with Crippen molar-refractivity contribution in [3.05, 3.63) is 19.4 Å². The molecule has 0 aromatic rings. The minimum Gasteiger partial charge on any atom is -0.457 e. The van der Waals surface area contributed by atoms with E-state index >= 15 is 0 Å². The Kier molecular flexibility index (Phi) is 1.16. The van der Waals surface area contributed by atoms with Crippen molar-refractivity contribution in [1.29, 1.82) is 0 Å². The summed E-state index contributed by atoms with van der Waals surface area (Å²) in [4.78, 5) is 0. The first-order valence-corrected chi connectivity index (χ1v) is 2.57. The third-order valence-electron chi connectivity index (χ3n) is 1.14. The molecule has 0 saturated carbocycles. The van der Waals surface area contributed by atoms with E-state index in [9.17, 15) is 0 Å². The maximum absolute atomic E-state index is 5.02. The highest BCUT2D eigenvalue weighted by molar-refractivity contribution is 4.80. The Morgan fingerprint density at radius 2 is 2.00 bits per heavy atom. The number of ether oxygens (including phenoxy) is 2. The third-order valence-corrected chi connectivity index (χ3v) is 1.14. The monoisotopic (exact) mass is 113 g/mol. The smallest absolute Gasteiger partial charge is 0.247 e. The Hall–Kier alpha value is -0.660. The quantitative estimate of drug-likeness (QED) is 0.512. The van der Waals surface area contributed by atoms with E-state index in [0.717, 1.165) is 0 Å². The van der Waals surface area contributed by atoms with Crippen molar-refractivity contribution >= 4 is 0 Å². The SMILES string of the molecule is [CH2]CC1(C)OC=CO1. The topological polar surface area (TPSA) is 18.5 Å². The zero-order valence-electron chi connectivity index (χ0n) is 4.89. The number of rotatable bonds is 1. The van der Waals surface area contributed by atoms with E-state index in [4.69, 9.17) is 9.47 Å². The van der Waals surface area contributed by atoms with Crippen LogP contribution in [0.1, 0.15) is 13.3 Å². The molecule has 0 atom stereocenters. The highest BCUT2D eigenvalue weighted by Gasteiger charge is 2.25. The Balaban J connectivity index is 2.46. The van der Waals surface area contributed by atoms with Gasteiger partial charge in [-0.2, -0.15) is 0 Å². The first kappa shape index (κ1) is 5.48. The average Bonchev–Trinajstić information content (AvgIpc) is 2.17. The fourth-order valence-electron chi connectivity index (χ4n) is 0.489. The van der Waals surface area contributed by atoms with Gasteiger partial charge in [-0.05, 0) is 6.92 Å². The summed E-state index contributed by atoms with van der Waals surface area (Å²) in [5.41, 5.74) is 0. The summed E-state index contributed by atoms with van der Waals surface area (Å²) < 4.78 is 10.0. The molecule has 8 heavy (non-hydrogen) atoms. The molecule has 0 N–H and O–H groups in total. The van der Waals surface area contributed by atoms with E-state index in [1.807, 2.05) is 6.92 Å². The van der Waals surface area contributed by atoms with Gasteiger partial charge in [0.25, 0.3) is 0 Å². The summed E-state index contributed by atoms with van der Waals surface area (Å²) in [7, 11) is 0. The molecule has 2 nitrogen and oxygen atoms in total. The molecule has 0 fully saturated rings. The summed E-state index contributed by atoms with van der Waals surface area (Å²) >= 11 is 0. The second kappa shape index (κ2) is 1.69. The van der Waals surface area contributed by atoms with Crippen LogP contribution in [-0.4, -0.2) is 5.79 Å². The van der Waals surface area contributed by atoms with Gasteiger partial charge in [0.05, 0.1) is 0 Å². The second-order valence-corrected chi connectivity index (χ2v) is 1.89. The van der Waals surface area contributed by atoms with Gasteiger partial charge < -0.3 is 9.47 Å². The lowest BCUT2D eigenvalue weighted by molar-refractivity contribution is -0.122. The molecule has 1 rings (SSSR count). The normalized spacial score (nSPS) is 22.2. The van der Waals surface area contributed by atoms with Crippen LogP contribution in [0.2, 0.25) is 0 Å². The molecule has 0 aliphatic carbocycles. The third kappa shape index (κ3) is 0.782. The van der Waals surface area contributed by atoms with Gasteiger partial charge in [-0.25, -0.2) is 0 Å². The Bertz CT molecular complexity index is 99.1. The Morgan fingerprint density at radius 1 is 1.50 bits per heavy atom. The molecule has 1 aliphatic rings. The van der Waals surface area contributed by atoms with Gasteiger partial charge in [0.1, 0.15) is 12.5 Å². The van der Waals surface area contributed by atoms with E-state index in [1.54, 1.807) is 0 Å². The lowest BCUT2D eigenvalue weighted by atomic mass is 10.2. The molecule has 1 heterocycles. The largest absolute Gasteiger partial charge is 0.457 e. The maximum atomic E-state index is 5.02. The Labute approximate surface area is 49.1 Å². The van der Waals surface area contributed by atoms with Gasteiger partial charge in [-0.3, -0.25) is 0 Å². The molecule has 2 heteroatoms. The molecule has 0 spiro atoms. The van der Waals surface area contributed by atoms with Gasteiger partial charge in [-0.15, -0.1) is 0 Å². The fourth-order valence-corrected chi connectivity index (χ4v) is 0.489. The predicted molar refractivity (Wildman–Crippen MR) is 29.7 cm³/mol. The van der Waals surface area contributed by atoms with Crippen LogP contribution in [0.25, 0.3) is 0 Å². The maximum Gasteiger partial charge on any atom is 0.247 e. The van der Waals surface area contributed by atoms with Crippen molar-refractivity contribution in [2.45, 2.75) is 19.1 Å². The summed E-state index contributed by atoms with van der Waals surface area (Å²) in [5.74, 6) is -0.486.